The van der Waals surface area contributed by atoms with E-state index < -0.39 is 0 Å². The standard InChI is InChI=1S/C28H37N5O3/c1-20-15-33(21(2)18-34)28(35)25-11-23(10-9-22-7-5-4-6-8-22)14-31-27(25)36-26(20)17-32(3)16-24-12-29-19-30-13-24/h11-14,19-22,26,34H,4-8,15-18H2,1-3H3/t20-,21+,26-/m1/s1. The lowest BCUT2D eigenvalue weighted by Crippen LogP contribution is -2.49. The molecule has 192 valence electrons. The Morgan fingerprint density at radius 3 is 2.69 bits per heavy atom. The summed E-state index contributed by atoms with van der Waals surface area (Å²) in [7, 11) is 2.03. The Labute approximate surface area is 214 Å². The van der Waals surface area contributed by atoms with Gasteiger partial charge in [-0.1, -0.05) is 38.0 Å². The highest BCUT2D eigenvalue weighted by Crippen LogP contribution is 2.28. The summed E-state index contributed by atoms with van der Waals surface area (Å²) in [5.74, 6) is 7.22. The van der Waals surface area contributed by atoms with E-state index in [1.54, 1.807) is 17.2 Å². The molecule has 4 rings (SSSR count). The van der Waals surface area contributed by atoms with E-state index in [9.17, 15) is 9.90 Å². The van der Waals surface area contributed by atoms with Gasteiger partial charge in [0.25, 0.3) is 5.91 Å². The maximum absolute atomic E-state index is 13.6. The smallest absolute Gasteiger partial charge is 0.259 e. The van der Waals surface area contributed by atoms with Crippen LogP contribution in [0.1, 0.15) is 67.4 Å². The molecule has 3 atom stereocenters. The first-order valence-electron chi connectivity index (χ1n) is 13.0. The summed E-state index contributed by atoms with van der Waals surface area (Å²) in [5, 5.41) is 9.88. The fraction of sp³-hybridized carbons (Fsp3) is 0.571. The highest BCUT2D eigenvalue weighted by Gasteiger charge is 2.34. The molecular formula is C28H37N5O3. The summed E-state index contributed by atoms with van der Waals surface area (Å²) in [6.45, 7) is 5.62. The van der Waals surface area contributed by atoms with Crippen LogP contribution in [0, 0.1) is 23.7 Å². The van der Waals surface area contributed by atoms with Crippen LogP contribution in [0.4, 0.5) is 0 Å². The third-order valence-corrected chi connectivity index (χ3v) is 7.11. The van der Waals surface area contributed by atoms with Crippen LogP contribution in [-0.2, 0) is 6.54 Å². The van der Waals surface area contributed by atoms with Gasteiger partial charge in [0.15, 0.2) is 0 Å². The molecule has 3 heterocycles. The Morgan fingerprint density at radius 2 is 1.97 bits per heavy atom. The Hall–Kier alpha value is -3.02. The molecule has 2 aliphatic rings. The van der Waals surface area contributed by atoms with Crippen molar-refractivity contribution in [2.45, 2.75) is 64.6 Å². The zero-order valence-electron chi connectivity index (χ0n) is 21.6. The SMILES string of the molecule is C[C@@H]1CN([C@@H](C)CO)C(=O)c2cc(C#CC3CCCCC3)cnc2O[C@@H]1CN(C)Cc1cncnc1. The van der Waals surface area contributed by atoms with Crippen LogP contribution in [0.25, 0.3) is 0 Å². The molecule has 1 saturated carbocycles. The van der Waals surface area contributed by atoms with Gasteiger partial charge in [-0.3, -0.25) is 9.69 Å². The van der Waals surface area contributed by atoms with Gasteiger partial charge in [0.1, 0.15) is 18.0 Å². The summed E-state index contributed by atoms with van der Waals surface area (Å²) < 4.78 is 6.40. The van der Waals surface area contributed by atoms with Crippen LogP contribution in [0.5, 0.6) is 5.88 Å². The second-order valence-electron chi connectivity index (χ2n) is 10.2. The molecule has 8 nitrogen and oxygen atoms in total. The van der Waals surface area contributed by atoms with Crippen LogP contribution >= 0.6 is 0 Å². The number of carbonyl (C=O) groups excluding carboxylic acids is 1. The molecule has 1 fully saturated rings. The molecular weight excluding hydrogens is 454 g/mol. The molecule has 36 heavy (non-hydrogen) atoms. The predicted octanol–water partition coefficient (Wildman–Crippen LogP) is 3.16. The zero-order valence-corrected chi connectivity index (χ0v) is 21.6. The van der Waals surface area contributed by atoms with Crippen molar-refractivity contribution in [1.82, 2.24) is 24.8 Å². The van der Waals surface area contributed by atoms with Gasteiger partial charge in [0, 0.05) is 61.2 Å². The van der Waals surface area contributed by atoms with E-state index >= 15 is 0 Å². The number of hydrogen-bond acceptors (Lipinski definition) is 7. The first-order chi connectivity index (χ1) is 17.4. The molecule has 1 N–H and O–H groups in total. The van der Waals surface area contributed by atoms with E-state index in [0.29, 0.717) is 37.0 Å². The summed E-state index contributed by atoms with van der Waals surface area (Å²) in [4.78, 5) is 30.2. The molecule has 1 amide bonds. The highest BCUT2D eigenvalue weighted by atomic mass is 16.5. The maximum Gasteiger partial charge on any atom is 0.259 e. The van der Waals surface area contributed by atoms with Gasteiger partial charge in [-0.15, -0.1) is 0 Å². The number of likely N-dealkylation sites (N-methyl/N-ethyl adjacent to an activating group) is 1. The number of aliphatic hydroxyl groups is 1. The highest BCUT2D eigenvalue weighted by molar-refractivity contribution is 5.97. The number of ether oxygens (including phenoxy) is 1. The minimum absolute atomic E-state index is 0.0261. The van der Waals surface area contributed by atoms with Gasteiger partial charge in [-0.05, 0) is 32.9 Å². The number of aromatic nitrogens is 3. The van der Waals surface area contributed by atoms with Crippen LogP contribution in [0.15, 0.2) is 31.0 Å². The first-order valence-corrected chi connectivity index (χ1v) is 13.0. The number of fused-ring (bicyclic) bond motifs is 1. The molecule has 0 radical (unpaired) electrons. The number of hydrogen-bond donors (Lipinski definition) is 1. The van der Waals surface area contributed by atoms with Gasteiger partial charge in [0.2, 0.25) is 5.88 Å². The number of carbonyl (C=O) groups is 1. The molecule has 0 unspecified atom stereocenters. The normalized spacial score (nSPS) is 21.6. The second-order valence-corrected chi connectivity index (χ2v) is 10.2. The van der Waals surface area contributed by atoms with Crippen molar-refractivity contribution in [3.63, 3.8) is 0 Å². The molecule has 2 aromatic heterocycles. The van der Waals surface area contributed by atoms with Gasteiger partial charge in [-0.25, -0.2) is 15.0 Å². The third kappa shape index (κ3) is 6.59. The molecule has 0 aromatic carbocycles. The number of rotatable bonds is 6. The van der Waals surface area contributed by atoms with Crippen molar-refractivity contribution in [1.29, 1.82) is 0 Å². The minimum atomic E-state index is -0.317. The number of aliphatic hydroxyl groups excluding tert-OH is 1. The Balaban J connectivity index is 1.59. The summed E-state index contributed by atoms with van der Waals surface area (Å²) in [5.41, 5.74) is 2.14. The number of nitrogens with zero attached hydrogens (tertiary/aromatic N) is 5. The molecule has 0 saturated heterocycles. The van der Waals surface area contributed by atoms with Gasteiger partial charge >= 0.3 is 0 Å². The van der Waals surface area contributed by atoms with E-state index in [0.717, 1.165) is 24.0 Å². The zero-order chi connectivity index (χ0) is 25.5. The lowest BCUT2D eigenvalue weighted by Gasteiger charge is -2.37. The fourth-order valence-electron chi connectivity index (χ4n) is 4.92. The molecule has 0 spiro atoms. The fourth-order valence-corrected chi connectivity index (χ4v) is 4.92. The van der Waals surface area contributed by atoms with Crippen molar-refractivity contribution < 1.29 is 14.6 Å². The van der Waals surface area contributed by atoms with Crippen LogP contribution in [0.3, 0.4) is 0 Å². The first kappa shape index (κ1) is 26.1. The van der Waals surface area contributed by atoms with Gasteiger partial charge in [-0.2, -0.15) is 0 Å². The van der Waals surface area contributed by atoms with Crippen molar-refractivity contribution >= 4 is 5.91 Å². The summed E-state index contributed by atoms with van der Waals surface area (Å²) >= 11 is 0. The number of amides is 1. The number of pyridine rings is 1. The van der Waals surface area contributed by atoms with E-state index in [-0.39, 0.29) is 30.6 Å². The monoisotopic (exact) mass is 491 g/mol. The molecule has 2 aromatic rings. The topological polar surface area (TPSA) is 91.7 Å². The van der Waals surface area contributed by atoms with Crippen LogP contribution in [0.2, 0.25) is 0 Å². The van der Waals surface area contributed by atoms with E-state index in [1.165, 1.54) is 25.6 Å². The largest absolute Gasteiger partial charge is 0.472 e. The van der Waals surface area contributed by atoms with E-state index in [2.05, 4.69) is 38.6 Å². The summed E-state index contributed by atoms with van der Waals surface area (Å²) in [6.07, 6.45) is 12.7. The minimum Gasteiger partial charge on any atom is -0.472 e. The second kappa shape index (κ2) is 12.3. The van der Waals surface area contributed by atoms with Crippen LogP contribution < -0.4 is 4.74 Å². The lowest BCUT2D eigenvalue weighted by molar-refractivity contribution is 0.0325. The van der Waals surface area contributed by atoms with Crippen molar-refractivity contribution in [2.24, 2.45) is 11.8 Å². The van der Waals surface area contributed by atoms with Crippen molar-refractivity contribution in [2.75, 3.05) is 26.7 Å². The average Bonchev–Trinajstić information content (AvgIpc) is 2.90. The third-order valence-electron chi connectivity index (χ3n) is 7.11. The Bertz CT molecular complexity index is 1080. The van der Waals surface area contributed by atoms with Crippen LogP contribution in [-0.4, -0.2) is 74.7 Å². The van der Waals surface area contributed by atoms with Gasteiger partial charge < -0.3 is 14.7 Å². The molecule has 8 heteroatoms. The maximum atomic E-state index is 13.6. The quantitative estimate of drug-likeness (QED) is 0.621. The van der Waals surface area contributed by atoms with Crippen molar-refractivity contribution in [3.05, 3.63) is 47.7 Å². The Kier molecular flexibility index (Phi) is 8.89. The molecule has 0 bridgehead atoms. The van der Waals surface area contributed by atoms with Crippen molar-refractivity contribution in [3.8, 4) is 17.7 Å². The van der Waals surface area contributed by atoms with E-state index in [1.807, 2.05) is 26.4 Å². The van der Waals surface area contributed by atoms with Gasteiger partial charge in [0.05, 0.1) is 12.6 Å². The summed E-state index contributed by atoms with van der Waals surface area (Å²) in [6, 6.07) is 1.48. The average molecular weight is 492 g/mol. The lowest BCUT2D eigenvalue weighted by atomic mass is 9.90. The molecule has 1 aliphatic carbocycles. The Morgan fingerprint density at radius 1 is 1.22 bits per heavy atom. The molecule has 1 aliphatic heterocycles. The van der Waals surface area contributed by atoms with E-state index in [4.69, 9.17) is 4.74 Å². The predicted molar refractivity (Wildman–Crippen MR) is 137 cm³/mol.